The van der Waals surface area contributed by atoms with E-state index in [1.807, 2.05) is 0 Å². The third-order valence-corrected chi connectivity index (χ3v) is 5.12. The number of halogens is 7. The van der Waals surface area contributed by atoms with Gasteiger partial charge in [-0.15, -0.1) is 0 Å². The molecule has 19 heavy (non-hydrogen) atoms. The van der Waals surface area contributed by atoms with Crippen molar-refractivity contribution in [3.05, 3.63) is 66.3 Å². The maximum atomic E-state index is 13.4. The van der Waals surface area contributed by atoms with Gasteiger partial charge in [-0.3, -0.25) is 0 Å². The highest BCUT2D eigenvalue weighted by molar-refractivity contribution is 5.13. The zero-order valence-corrected chi connectivity index (χ0v) is 11.1. The van der Waals surface area contributed by atoms with Gasteiger partial charge in [0.2, 0.25) is 32.7 Å². The predicted molar refractivity (Wildman–Crippen MR) is 50.0 cm³/mol. The van der Waals surface area contributed by atoms with E-state index < -0.39 is 59.7 Å². The van der Waals surface area contributed by atoms with Crippen molar-refractivity contribution in [3.63, 3.8) is 0 Å². The average molecular weight is 389 g/mol. The van der Waals surface area contributed by atoms with Crippen LogP contribution in [0.2, 0.25) is 0 Å². The first-order chi connectivity index (χ1) is 8.93. The quantitative estimate of drug-likeness (QED) is 0.307. The van der Waals surface area contributed by atoms with Crippen LogP contribution in [0.1, 0.15) is 0 Å². The van der Waals surface area contributed by atoms with E-state index >= 15 is 0 Å². The van der Waals surface area contributed by atoms with Crippen LogP contribution in [0, 0.1) is 42.0 Å². The van der Waals surface area contributed by atoms with E-state index in [9.17, 15) is 26.3 Å². The zero-order chi connectivity index (χ0) is 14.2. The third kappa shape index (κ3) is 2.56. The van der Waals surface area contributed by atoms with Crippen molar-refractivity contribution in [1.29, 1.82) is 0 Å². The Hall–Kier alpha value is -1.25. The summed E-state index contributed by atoms with van der Waals surface area (Å²) in [6.45, 7) is 0. The van der Waals surface area contributed by atoms with Gasteiger partial charge in [0, 0.05) is 0 Å². The lowest BCUT2D eigenvalue weighted by Gasteiger charge is -1.99. The SMILES string of the molecule is Fc1ccccc1[I+]c1c(F)c(F)c(F)c(F)c1F. The molecule has 0 N–H and O–H groups in total. The molecule has 0 aliphatic carbocycles. The first kappa shape index (κ1) is 14.2. The minimum absolute atomic E-state index is 0.0514. The molecule has 0 amide bonds. The largest absolute Gasteiger partial charge is 0.367 e. The standard InChI is InChI=1S/C12H4F6I/c13-5-3-1-2-4-6(5)19-12-10(17)8(15)7(14)9(16)11(12)18/h1-4H/q+1. The van der Waals surface area contributed by atoms with Crippen LogP contribution in [-0.4, -0.2) is 0 Å². The van der Waals surface area contributed by atoms with Crippen LogP contribution in [0.25, 0.3) is 0 Å². The molecular formula is C12H4F6I+. The topological polar surface area (TPSA) is 0 Å². The van der Waals surface area contributed by atoms with Gasteiger partial charge in [-0.05, 0) is 12.1 Å². The number of hydrogen-bond donors (Lipinski definition) is 0. The predicted octanol–water partition coefficient (Wildman–Crippen LogP) is 0.650. The van der Waals surface area contributed by atoms with Gasteiger partial charge in [0.05, 0.1) is 0 Å². The molecule has 0 atom stereocenters. The molecule has 2 aromatic rings. The molecule has 0 radical (unpaired) electrons. The second-order valence-corrected chi connectivity index (χ2v) is 6.17. The summed E-state index contributed by atoms with van der Waals surface area (Å²) in [6.07, 6.45) is 0. The van der Waals surface area contributed by atoms with E-state index in [4.69, 9.17) is 0 Å². The van der Waals surface area contributed by atoms with Gasteiger partial charge >= 0.3 is 21.2 Å². The first-order valence-corrected chi connectivity index (χ1v) is 7.00. The summed E-state index contributed by atoms with van der Waals surface area (Å²) in [4.78, 5) is 0. The molecule has 0 spiro atoms. The van der Waals surface area contributed by atoms with E-state index in [0.29, 0.717) is 0 Å². The van der Waals surface area contributed by atoms with Gasteiger partial charge in [0.1, 0.15) is 0 Å². The number of hydrogen-bond acceptors (Lipinski definition) is 0. The van der Waals surface area contributed by atoms with E-state index in [0.717, 1.165) is 6.07 Å². The molecule has 0 aliphatic rings. The molecule has 0 fully saturated rings. The molecule has 0 nitrogen and oxygen atoms in total. The van der Waals surface area contributed by atoms with Crippen LogP contribution >= 0.6 is 0 Å². The van der Waals surface area contributed by atoms with Crippen molar-refractivity contribution in [2.45, 2.75) is 0 Å². The maximum Gasteiger partial charge on any atom is 0.367 e. The molecule has 0 saturated carbocycles. The summed E-state index contributed by atoms with van der Waals surface area (Å²) in [6, 6.07) is 5.09. The summed E-state index contributed by atoms with van der Waals surface area (Å²) < 4.78 is 77.9. The smallest absolute Gasteiger partial charge is 0.202 e. The van der Waals surface area contributed by atoms with Crippen LogP contribution in [0.3, 0.4) is 0 Å². The highest BCUT2D eigenvalue weighted by atomic mass is 127. The molecule has 0 heterocycles. The Bertz CT molecular complexity index is 611. The lowest BCUT2D eigenvalue weighted by molar-refractivity contribution is -0.606. The van der Waals surface area contributed by atoms with Crippen molar-refractivity contribution in [2.24, 2.45) is 0 Å². The van der Waals surface area contributed by atoms with Gasteiger partial charge < -0.3 is 0 Å². The molecule has 0 bridgehead atoms. The fraction of sp³-hybridized carbons (Fsp3) is 0. The van der Waals surface area contributed by atoms with Crippen LogP contribution in [0.4, 0.5) is 26.3 Å². The Morgan fingerprint density at radius 1 is 0.632 bits per heavy atom. The van der Waals surface area contributed by atoms with Gasteiger partial charge in [0.15, 0.2) is 5.82 Å². The molecule has 0 aliphatic heterocycles. The molecular weight excluding hydrogens is 385 g/mol. The Morgan fingerprint density at radius 2 is 1.11 bits per heavy atom. The second kappa shape index (κ2) is 5.40. The molecule has 7 heteroatoms. The first-order valence-electron chi connectivity index (χ1n) is 4.84. The third-order valence-electron chi connectivity index (χ3n) is 2.18. The normalized spacial score (nSPS) is 10.8. The van der Waals surface area contributed by atoms with E-state index in [1.165, 1.54) is 18.2 Å². The van der Waals surface area contributed by atoms with Gasteiger partial charge in [0.25, 0.3) is 3.57 Å². The molecule has 0 aromatic heterocycles. The molecule has 0 unspecified atom stereocenters. The van der Waals surface area contributed by atoms with Crippen molar-refractivity contribution in [2.75, 3.05) is 0 Å². The Labute approximate surface area is 114 Å². The lowest BCUT2D eigenvalue weighted by atomic mass is 10.3. The van der Waals surface area contributed by atoms with Gasteiger partial charge in [-0.1, -0.05) is 12.1 Å². The maximum absolute atomic E-state index is 13.4. The van der Waals surface area contributed by atoms with Crippen molar-refractivity contribution in [3.8, 4) is 0 Å². The van der Waals surface area contributed by atoms with Crippen LogP contribution in [0.5, 0.6) is 0 Å². The van der Waals surface area contributed by atoms with Gasteiger partial charge in [-0.2, -0.15) is 8.78 Å². The Morgan fingerprint density at radius 3 is 1.63 bits per heavy atom. The molecule has 2 rings (SSSR count). The highest BCUT2D eigenvalue weighted by Gasteiger charge is 2.36. The van der Waals surface area contributed by atoms with Gasteiger partial charge in [-0.25, -0.2) is 17.6 Å². The fourth-order valence-electron chi connectivity index (χ4n) is 1.28. The van der Waals surface area contributed by atoms with E-state index in [2.05, 4.69) is 0 Å². The van der Waals surface area contributed by atoms with Crippen LogP contribution in [-0.2, 0) is 0 Å². The number of rotatable bonds is 2. The fourth-order valence-corrected chi connectivity index (χ4v) is 3.63. The minimum atomic E-state index is -2.21. The second-order valence-electron chi connectivity index (χ2n) is 3.39. The highest BCUT2D eigenvalue weighted by Crippen LogP contribution is 2.17. The zero-order valence-electron chi connectivity index (χ0n) is 8.96. The van der Waals surface area contributed by atoms with E-state index in [1.54, 1.807) is 0 Å². The molecule has 100 valence electrons. The van der Waals surface area contributed by atoms with Crippen molar-refractivity contribution >= 4 is 0 Å². The van der Waals surface area contributed by atoms with Crippen LogP contribution in [0.15, 0.2) is 24.3 Å². The molecule has 2 aromatic carbocycles. The minimum Gasteiger partial charge on any atom is -0.202 e. The monoisotopic (exact) mass is 389 g/mol. The Kier molecular flexibility index (Phi) is 4.02. The Balaban J connectivity index is 2.56. The molecule has 0 saturated heterocycles. The van der Waals surface area contributed by atoms with Crippen molar-refractivity contribution in [1.82, 2.24) is 0 Å². The summed E-state index contributed by atoms with van der Waals surface area (Å²) in [7, 11) is 0. The van der Waals surface area contributed by atoms with E-state index in [-0.39, 0.29) is 3.57 Å². The average Bonchev–Trinajstić information content (AvgIpc) is 2.41. The summed E-state index contributed by atoms with van der Waals surface area (Å²) in [5, 5.41) is 0. The lowest BCUT2D eigenvalue weighted by Crippen LogP contribution is -3.62. The van der Waals surface area contributed by atoms with Crippen LogP contribution < -0.4 is 21.2 Å². The summed E-state index contributed by atoms with van der Waals surface area (Å²) in [5.74, 6) is -10.8. The number of benzene rings is 2. The van der Waals surface area contributed by atoms with Crippen molar-refractivity contribution < 1.29 is 47.5 Å². The summed E-state index contributed by atoms with van der Waals surface area (Å²) in [5.41, 5.74) is 0. The summed E-state index contributed by atoms with van der Waals surface area (Å²) >= 11 is -1.85.